The molecule has 0 aromatic heterocycles. The summed E-state index contributed by atoms with van der Waals surface area (Å²) < 4.78 is 5.50. The van der Waals surface area contributed by atoms with Gasteiger partial charge in [0.05, 0.1) is 13.2 Å². The Kier molecular flexibility index (Phi) is 4.64. The van der Waals surface area contributed by atoms with Crippen LogP contribution in [0.1, 0.15) is 51.8 Å². The number of hydrogen-bond donors (Lipinski definition) is 2. The Morgan fingerprint density at radius 1 is 1.16 bits per heavy atom. The molecule has 3 heteroatoms. The fourth-order valence-electron chi connectivity index (χ4n) is 2.35. The molecule has 0 amide bonds. The van der Waals surface area contributed by atoms with Crippen LogP contribution >= 0.6 is 0 Å². The van der Waals surface area contributed by atoms with Crippen LogP contribution < -0.4 is 15.8 Å². The van der Waals surface area contributed by atoms with Crippen molar-refractivity contribution >= 4 is 0 Å². The van der Waals surface area contributed by atoms with Crippen molar-refractivity contribution in [3.8, 4) is 5.75 Å². The predicted molar refractivity (Wildman–Crippen MR) is 81.8 cm³/mol. The number of methoxy groups -OCH3 is 1. The molecule has 0 radical (unpaired) electrons. The topological polar surface area (TPSA) is 47.3 Å². The Morgan fingerprint density at radius 2 is 1.74 bits per heavy atom. The van der Waals surface area contributed by atoms with Gasteiger partial charge in [0.15, 0.2) is 0 Å². The Balaban J connectivity index is 3.38. The normalized spacial score (nSPS) is 14.3. The molecule has 1 unspecified atom stereocenters. The largest absolute Gasteiger partial charge is 0.496 e. The average Bonchev–Trinajstić information content (AvgIpc) is 2.26. The number of nitrogens with one attached hydrogen (secondary N) is 1. The number of hydrogen-bond acceptors (Lipinski definition) is 3. The van der Waals surface area contributed by atoms with Gasteiger partial charge in [-0.2, -0.15) is 0 Å². The summed E-state index contributed by atoms with van der Waals surface area (Å²) in [6, 6.07) is 6.41. The number of likely N-dealkylation sites (N-methyl/N-ethyl adjacent to an activating group) is 1. The van der Waals surface area contributed by atoms with Gasteiger partial charge in [-0.3, -0.25) is 0 Å². The molecule has 0 heterocycles. The van der Waals surface area contributed by atoms with Gasteiger partial charge >= 0.3 is 0 Å². The van der Waals surface area contributed by atoms with Crippen molar-refractivity contribution in [2.24, 2.45) is 5.73 Å². The van der Waals surface area contributed by atoms with Gasteiger partial charge in [0.1, 0.15) is 5.75 Å². The molecule has 0 aliphatic carbocycles. The van der Waals surface area contributed by atoms with Gasteiger partial charge in [0.25, 0.3) is 0 Å². The summed E-state index contributed by atoms with van der Waals surface area (Å²) >= 11 is 0. The van der Waals surface area contributed by atoms with E-state index < -0.39 is 0 Å². The van der Waals surface area contributed by atoms with Crippen LogP contribution in [0.2, 0.25) is 0 Å². The molecule has 3 nitrogen and oxygen atoms in total. The Bertz CT molecular complexity index is 427. The van der Waals surface area contributed by atoms with Crippen molar-refractivity contribution in [1.82, 2.24) is 5.32 Å². The van der Waals surface area contributed by atoms with E-state index in [0.717, 1.165) is 11.3 Å². The lowest BCUT2D eigenvalue weighted by Crippen LogP contribution is -2.45. The van der Waals surface area contributed by atoms with E-state index in [4.69, 9.17) is 10.5 Å². The smallest absolute Gasteiger partial charge is 0.123 e. The van der Waals surface area contributed by atoms with Gasteiger partial charge in [0, 0.05) is 11.1 Å². The van der Waals surface area contributed by atoms with E-state index in [2.05, 4.69) is 38.2 Å². The van der Waals surface area contributed by atoms with E-state index in [1.54, 1.807) is 7.11 Å². The molecule has 0 saturated heterocycles. The highest BCUT2D eigenvalue weighted by Gasteiger charge is 2.29. The fourth-order valence-corrected chi connectivity index (χ4v) is 2.35. The van der Waals surface area contributed by atoms with Crippen LogP contribution in [0.25, 0.3) is 0 Å². The highest BCUT2D eigenvalue weighted by molar-refractivity contribution is 5.42. The van der Waals surface area contributed by atoms with Crippen molar-refractivity contribution in [3.63, 3.8) is 0 Å². The quantitative estimate of drug-likeness (QED) is 0.879. The molecule has 19 heavy (non-hydrogen) atoms. The van der Waals surface area contributed by atoms with Crippen molar-refractivity contribution < 1.29 is 4.74 Å². The van der Waals surface area contributed by atoms with Crippen LogP contribution in [0.15, 0.2) is 18.2 Å². The van der Waals surface area contributed by atoms with Crippen molar-refractivity contribution in [1.29, 1.82) is 0 Å². The molecule has 0 aliphatic rings. The number of benzene rings is 1. The lowest BCUT2D eigenvalue weighted by Gasteiger charge is -2.33. The number of rotatable bonds is 4. The SMILES string of the molecule is CNC(c1cc(C(C)(C)C)ccc1OC)C(C)(C)N. The molecule has 1 aromatic carbocycles. The van der Waals surface area contributed by atoms with Crippen LogP contribution in [0.4, 0.5) is 0 Å². The maximum atomic E-state index is 6.29. The molecule has 0 fully saturated rings. The van der Waals surface area contributed by atoms with E-state index >= 15 is 0 Å². The molecule has 1 aromatic rings. The van der Waals surface area contributed by atoms with Gasteiger partial charge in [-0.25, -0.2) is 0 Å². The van der Waals surface area contributed by atoms with Crippen molar-refractivity contribution in [3.05, 3.63) is 29.3 Å². The summed E-state index contributed by atoms with van der Waals surface area (Å²) in [7, 11) is 3.63. The fraction of sp³-hybridized carbons (Fsp3) is 0.625. The third kappa shape index (κ3) is 3.71. The molecular weight excluding hydrogens is 236 g/mol. The highest BCUT2D eigenvalue weighted by Crippen LogP contribution is 2.34. The van der Waals surface area contributed by atoms with Crippen molar-refractivity contribution in [2.45, 2.75) is 51.6 Å². The van der Waals surface area contributed by atoms with E-state index in [0.29, 0.717) is 0 Å². The minimum atomic E-state index is -0.363. The maximum Gasteiger partial charge on any atom is 0.123 e. The van der Waals surface area contributed by atoms with Crippen LogP contribution in [0.3, 0.4) is 0 Å². The second-order valence-electron chi connectivity index (χ2n) is 6.75. The van der Waals surface area contributed by atoms with E-state index in [1.165, 1.54) is 5.56 Å². The molecule has 0 spiro atoms. The summed E-state index contributed by atoms with van der Waals surface area (Å²) in [5, 5.41) is 3.31. The van der Waals surface area contributed by atoms with E-state index in [9.17, 15) is 0 Å². The third-order valence-corrected chi connectivity index (χ3v) is 3.44. The zero-order valence-electron chi connectivity index (χ0n) is 13.3. The summed E-state index contributed by atoms with van der Waals surface area (Å²) in [5.41, 5.74) is 8.43. The van der Waals surface area contributed by atoms with E-state index in [-0.39, 0.29) is 17.0 Å². The molecule has 0 aliphatic heterocycles. The highest BCUT2D eigenvalue weighted by atomic mass is 16.5. The zero-order chi connectivity index (χ0) is 14.8. The summed E-state index contributed by atoms with van der Waals surface area (Å²) in [6.45, 7) is 10.7. The molecule has 3 N–H and O–H groups in total. The summed E-state index contributed by atoms with van der Waals surface area (Å²) in [5.74, 6) is 0.880. The van der Waals surface area contributed by atoms with Gasteiger partial charge in [-0.1, -0.05) is 26.8 Å². The minimum absolute atomic E-state index is 0.0461. The first-order valence-electron chi connectivity index (χ1n) is 6.76. The molecule has 0 bridgehead atoms. The molecule has 1 rings (SSSR count). The lowest BCUT2D eigenvalue weighted by molar-refractivity contribution is 0.345. The van der Waals surface area contributed by atoms with Gasteiger partial charge < -0.3 is 15.8 Å². The summed E-state index contributed by atoms with van der Waals surface area (Å²) in [4.78, 5) is 0. The second kappa shape index (κ2) is 5.51. The molecule has 1 atom stereocenters. The third-order valence-electron chi connectivity index (χ3n) is 3.44. The van der Waals surface area contributed by atoms with E-state index in [1.807, 2.05) is 27.0 Å². The van der Waals surface area contributed by atoms with Crippen LogP contribution in [-0.4, -0.2) is 19.7 Å². The number of ether oxygens (including phenoxy) is 1. The lowest BCUT2D eigenvalue weighted by atomic mass is 9.82. The Morgan fingerprint density at radius 3 is 2.11 bits per heavy atom. The minimum Gasteiger partial charge on any atom is -0.496 e. The number of nitrogens with two attached hydrogens (primary N) is 1. The van der Waals surface area contributed by atoms with Crippen LogP contribution in [-0.2, 0) is 5.41 Å². The van der Waals surface area contributed by atoms with Gasteiger partial charge in [-0.05, 0) is 44.0 Å². The molecule has 0 saturated carbocycles. The Labute approximate surface area is 117 Å². The molecule has 108 valence electrons. The monoisotopic (exact) mass is 264 g/mol. The predicted octanol–water partition coefficient (Wildman–Crippen LogP) is 2.99. The first-order chi connectivity index (χ1) is 8.61. The van der Waals surface area contributed by atoms with Crippen LogP contribution in [0.5, 0.6) is 5.75 Å². The zero-order valence-corrected chi connectivity index (χ0v) is 13.3. The molecular formula is C16H28N2O. The van der Waals surface area contributed by atoms with Gasteiger partial charge in [0.2, 0.25) is 0 Å². The van der Waals surface area contributed by atoms with Crippen molar-refractivity contribution in [2.75, 3.05) is 14.2 Å². The first-order valence-corrected chi connectivity index (χ1v) is 6.76. The summed E-state index contributed by atoms with van der Waals surface area (Å²) in [6.07, 6.45) is 0. The maximum absolute atomic E-state index is 6.29. The van der Waals surface area contributed by atoms with Gasteiger partial charge in [-0.15, -0.1) is 0 Å². The second-order valence-corrected chi connectivity index (χ2v) is 6.75. The average molecular weight is 264 g/mol. The standard InChI is InChI=1S/C16H28N2O/c1-15(2,3)11-8-9-13(19-7)12(10-11)14(18-6)16(4,5)17/h8-10,14,18H,17H2,1-7H3. The van der Waals surface area contributed by atoms with Crippen LogP contribution in [0, 0.1) is 0 Å². The first kappa shape index (κ1) is 16.0. The Hall–Kier alpha value is -1.06.